The highest BCUT2D eigenvalue weighted by atomic mass is 32.2. The zero-order chi connectivity index (χ0) is 23.2. The van der Waals surface area contributed by atoms with E-state index in [0.29, 0.717) is 0 Å². The molecule has 0 aliphatic carbocycles. The van der Waals surface area contributed by atoms with E-state index in [1.54, 1.807) is 0 Å². The maximum atomic E-state index is 12.6. The van der Waals surface area contributed by atoms with Crippen LogP contribution < -0.4 is 0 Å². The van der Waals surface area contributed by atoms with Crippen molar-refractivity contribution in [3.63, 3.8) is 0 Å². The summed E-state index contributed by atoms with van der Waals surface area (Å²) in [6, 6.07) is 0. The molecule has 4 nitrogen and oxygen atoms in total. The summed E-state index contributed by atoms with van der Waals surface area (Å²) in [5, 5.41) is -4.52. The quantitative estimate of drug-likeness (QED) is 0.152. The van der Waals surface area contributed by atoms with E-state index in [1.807, 2.05) is 24.3 Å². The molecule has 0 unspecified atom stereocenters. The molecule has 0 aromatic carbocycles. The van der Waals surface area contributed by atoms with Gasteiger partial charge in [-0.1, -0.05) is 30.7 Å². The summed E-state index contributed by atoms with van der Waals surface area (Å²) in [4.78, 5) is 0. The molecule has 29 heavy (non-hydrogen) atoms. The van der Waals surface area contributed by atoms with Crippen molar-refractivity contribution in [2.24, 2.45) is 0 Å². The first kappa shape index (κ1) is 29.6. The van der Waals surface area contributed by atoms with Crippen molar-refractivity contribution in [1.82, 2.24) is 0 Å². The summed E-state index contributed by atoms with van der Waals surface area (Å²) in [6.45, 7) is 18.8. The third kappa shape index (κ3) is 12.6. The fraction of sp³-hybridized carbons (Fsp3) is 0.556. The summed E-state index contributed by atoms with van der Waals surface area (Å²) in [5.41, 5.74) is 0. The Morgan fingerprint density at radius 1 is 0.759 bits per heavy atom. The Bertz CT molecular complexity index is 572. The first-order valence-electron chi connectivity index (χ1n) is 8.54. The molecule has 0 saturated carbocycles. The minimum atomic E-state index is -5.69. The van der Waals surface area contributed by atoms with E-state index in [-0.39, 0.29) is 0 Å². The molecule has 0 amide bonds. The second-order valence-electron chi connectivity index (χ2n) is 6.20. The van der Waals surface area contributed by atoms with Crippen LogP contribution in [0.1, 0.15) is 25.7 Å². The maximum absolute atomic E-state index is 12.6. The average Bonchev–Trinajstić information content (AvgIpc) is 2.59. The van der Waals surface area contributed by atoms with Gasteiger partial charge in [0.05, 0.1) is 26.2 Å². The lowest BCUT2D eigenvalue weighted by atomic mass is 10.2. The van der Waals surface area contributed by atoms with Gasteiger partial charge in [0.2, 0.25) is 0 Å². The summed E-state index contributed by atoms with van der Waals surface area (Å²) in [6.07, 6.45) is -0.838. The van der Waals surface area contributed by atoms with Crippen LogP contribution in [-0.4, -0.2) is 50.5 Å². The van der Waals surface area contributed by atoms with E-state index < -0.39 is 47.2 Å². The molecule has 170 valence electrons. The van der Waals surface area contributed by atoms with Crippen molar-refractivity contribution in [2.45, 2.75) is 37.1 Å². The van der Waals surface area contributed by atoms with Gasteiger partial charge in [-0.3, -0.25) is 0 Å². The predicted molar refractivity (Wildman–Crippen MR) is 101 cm³/mol. The van der Waals surface area contributed by atoms with Crippen LogP contribution in [0.3, 0.4) is 0 Å². The highest BCUT2D eigenvalue weighted by Gasteiger charge is 2.46. The summed E-state index contributed by atoms with van der Waals surface area (Å²) >= 11 is 0. The first-order valence-corrected chi connectivity index (χ1v) is 9.95. The van der Waals surface area contributed by atoms with E-state index in [9.17, 15) is 34.9 Å². The van der Waals surface area contributed by atoms with Crippen molar-refractivity contribution >= 4 is 10.1 Å². The Morgan fingerprint density at radius 3 is 1.38 bits per heavy atom. The maximum Gasteiger partial charge on any atom is 0.389 e. The van der Waals surface area contributed by atoms with Crippen LogP contribution >= 0.6 is 0 Å². The van der Waals surface area contributed by atoms with Gasteiger partial charge in [-0.25, -0.2) is 0 Å². The molecule has 0 aliphatic heterocycles. The number of hydrogen-bond acceptors (Lipinski definition) is 3. The van der Waals surface area contributed by atoms with Crippen LogP contribution in [-0.2, 0) is 14.5 Å². The van der Waals surface area contributed by atoms with Crippen LogP contribution in [0.2, 0.25) is 0 Å². The van der Waals surface area contributed by atoms with E-state index in [2.05, 4.69) is 30.7 Å². The number of hydrogen-bond donors (Lipinski definition) is 0. The molecule has 0 aromatic heterocycles. The van der Waals surface area contributed by atoms with Gasteiger partial charge >= 0.3 is 21.5 Å². The summed E-state index contributed by atoms with van der Waals surface area (Å²) < 4.78 is 94.6. The summed E-state index contributed by atoms with van der Waals surface area (Å²) in [5.74, 6) is 0. The first-order chi connectivity index (χ1) is 13.3. The van der Waals surface area contributed by atoms with E-state index >= 15 is 0 Å². The lowest BCUT2D eigenvalue weighted by molar-refractivity contribution is -0.906. The molecule has 0 spiro atoms. The summed E-state index contributed by atoms with van der Waals surface area (Å²) in [7, 11) is -5.69. The number of alkyl halides is 5. The number of quaternary nitrogens is 1. The van der Waals surface area contributed by atoms with E-state index in [4.69, 9.17) is 0 Å². The van der Waals surface area contributed by atoms with Crippen molar-refractivity contribution < 1.29 is 43.8 Å². The fourth-order valence-electron chi connectivity index (χ4n) is 2.37. The minimum Gasteiger partial charge on any atom is -0.311 e. The van der Waals surface area contributed by atoms with Gasteiger partial charge in [0.15, 0.2) is 0 Å². The molecular weight excluding hydrogens is 424 g/mol. The van der Waals surface area contributed by atoms with Gasteiger partial charge in [-0.2, -0.15) is 30.4 Å². The lowest BCUT2D eigenvalue weighted by Crippen LogP contribution is -2.48. The van der Waals surface area contributed by atoms with Gasteiger partial charge in [0.25, 0.3) is 0 Å². The second-order valence-corrected chi connectivity index (χ2v) is 7.83. The number of unbranched alkanes of at least 4 members (excludes halogenated alkanes) is 1. The Balaban J connectivity index is 0. The molecule has 0 fully saturated rings. The van der Waals surface area contributed by atoms with Crippen molar-refractivity contribution in [3.05, 3.63) is 50.6 Å². The highest BCUT2D eigenvalue weighted by Crippen LogP contribution is 2.31. The molecule has 0 heterocycles. The number of nitrogens with zero attached hydrogens (tertiary/aromatic N) is 1. The SMILES string of the molecule is C=CC[N+](CC=C)(CC=C)CC=C.O=S(=O)(OF)C(F)(F)CCCCC(F)(F)F. The molecule has 0 aromatic rings. The molecule has 11 heteroatoms. The molecule has 0 rings (SSSR count). The monoisotopic (exact) mass is 452 g/mol. The van der Waals surface area contributed by atoms with Gasteiger partial charge in [0.1, 0.15) is 0 Å². The van der Waals surface area contributed by atoms with Crippen molar-refractivity contribution in [1.29, 1.82) is 0 Å². The third-order valence-corrected chi connectivity index (χ3v) is 4.79. The molecule has 0 radical (unpaired) electrons. The van der Waals surface area contributed by atoms with E-state index in [1.165, 1.54) is 0 Å². The highest BCUT2D eigenvalue weighted by molar-refractivity contribution is 7.87. The Kier molecular flexibility index (Phi) is 13.9. The largest absolute Gasteiger partial charge is 0.389 e. The van der Waals surface area contributed by atoms with Crippen LogP contribution in [0.5, 0.6) is 0 Å². The number of halogens is 6. The third-order valence-electron chi connectivity index (χ3n) is 3.69. The normalized spacial score (nSPS) is 12.5. The molecule has 0 bridgehead atoms. The van der Waals surface area contributed by atoms with Crippen LogP contribution in [0.15, 0.2) is 50.6 Å². The smallest absolute Gasteiger partial charge is 0.311 e. The Hall–Kier alpha value is -1.59. The number of rotatable bonds is 14. The average molecular weight is 452 g/mol. The topological polar surface area (TPSA) is 43.4 Å². The van der Waals surface area contributed by atoms with Crippen LogP contribution in [0, 0.1) is 0 Å². The van der Waals surface area contributed by atoms with Crippen molar-refractivity contribution in [3.8, 4) is 0 Å². The van der Waals surface area contributed by atoms with Gasteiger partial charge in [0, 0.05) is 12.8 Å². The van der Waals surface area contributed by atoms with Gasteiger partial charge in [-0.05, 0) is 41.7 Å². The van der Waals surface area contributed by atoms with Gasteiger partial charge < -0.3 is 4.48 Å². The van der Waals surface area contributed by atoms with Gasteiger partial charge in [-0.15, -0.1) is 0 Å². The Morgan fingerprint density at radius 2 is 1.10 bits per heavy atom. The van der Waals surface area contributed by atoms with Crippen LogP contribution in [0.4, 0.5) is 26.5 Å². The molecule has 0 atom stereocenters. The molecule has 0 aliphatic rings. The van der Waals surface area contributed by atoms with Crippen molar-refractivity contribution in [2.75, 3.05) is 26.2 Å². The zero-order valence-electron chi connectivity index (χ0n) is 16.1. The lowest BCUT2D eigenvalue weighted by Gasteiger charge is -2.35. The molecule has 0 N–H and O–H groups in total. The molecule has 0 saturated heterocycles. The fourth-order valence-corrected chi connectivity index (χ4v) is 2.86. The molecular formula is C18H28F6NO3S+. The standard InChI is InChI=1S/C12H20N.C6H8F6O3S/c1-5-9-13(10-6-2,11-7-3)12-8-4;7-5(8,9)3-1-2-4-6(10,11)16(13,14)15-12/h5-8H,1-4,9-12H2;1-4H2/q+1;. The van der Waals surface area contributed by atoms with Crippen LogP contribution in [0.25, 0.3) is 0 Å². The predicted octanol–water partition coefficient (Wildman–Crippen LogP) is 5.48. The second kappa shape index (κ2) is 13.6. The minimum absolute atomic E-state index is 0.666. The zero-order valence-corrected chi connectivity index (χ0v) is 17.0. The van der Waals surface area contributed by atoms with E-state index in [0.717, 1.165) is 30.7 Å². The Labute approximate surface area is 168 Å².